The number of hydrogen-bond acceptors (Lipinski definition) is 3. The predicted molar refractivity (Wildman–Crippen MR) is 82.8 cm³/mol. The van der Waals surface area contributed by atoms with Crippen molar-refractivity contribution in [3.63, 3.8) is 0 Å². The highest BCUT2D eigenvalue weighted by molar-refractivity contribution is 5.87. The second-order valence-corrected chi connectivity index (χ2v) is 7.00. The third-order valence-corrected chi connectivity index (χ3v) is 5.01. The Bertz CT molecular complexity index is 372. The van der Waals surface area contributed by atoms with Crippen LogP contribution in [0.5, 0.6) is 0 Å². The molecule has 2 fully saturated rings. The Balaban J connectivity index is 1.89. The Labute approximate surface area is 127 Å². The number of piperidine rings is 1. The summed E-state index contributed by atoms with van der Waals surface area (Å²) in [4.78, 5) is 23.9. The van der Waals surface area contributed by atoms with Crippen LogP contribution >= 0.6 is 0 Å². The number of rotatable bonds is 5. The van der Waals surface area contributed by atoms with Gasteiger partial charge in [0.05, 0.1) is 0 Å². The van der Waals surface area contributed by atoms with E-state index in [1.165, 1.54) is 6.92 Å². The Morgan fingerprint density at radius 2 is 1.86 bits per heavy atom. The summed E-state index contributed by atoms with van der Waals surface area (Å²) in [5, 5.41) is 9.30. The molecule has 5 nitrogen and oxygen atoms in total. The minimum Gasteiger partial charge on any atom is -0.354 e. The zero-order valence-electron chi connectivity index (χ0n) is 13.3. The zero-order valence-corrected chi connectivity index (χ0v) is 13.3. The smallest absolute Gasteiger partial charge is 0.242 e. The van der Waals surface area contributed by atoms with Crippen molar-refractivity contribution >= 4 is 11.8 Å². The third-order valence-electron chi connectivity index (χ3n) is 5.01. The highest BCUT2D eigenvalue weighted by Crippen LogP contribution is 2.29. The SMILES string of the molecule is CC(=O)NC(C(=O)NCC1(C)CCNCC1)C1CCCC1. The van der Waals surface area contributed by atoms with Crippen LogP contribution in [0.15, 0.2) is 0 Å². The van der Waals surface area contributed by atoms with Gasteiger partial charge < -0.3 is 16.0 Å². The molecule has 0 aromatic heterocycles. The molecule has 0 aromatic carbocycles. The van der Waals surface area contributed by atoms with E-state index in [2.05, 4.69) is 22.9 Å². The second kappa shape index (κ2) is 7.25. The standard InChI is InChI=1S/C16H29N3O2/c1-12(20)19-14(13-5-3-4-6-13)15(21)18-11-16(2)7-9-17-10-8-16/h13-14,17H,3-11H2,1-2H3,(H,18,21)(H,19,20). The minimum absolute atomic E-state index is 0.00291. The maximum absolute atomic E-state index is 12.5. The van der Waals surface area contributed by atoms with Crippen molar-refractivity contribution in [2.45, 2.75) is 58.4 Å². The molecule has 1 heterocycles. The van der Waals surface area contributed by atoms with Gasteiger partial charge in [0.1, 0.15) is 6.04 Å². The molecule has 0 aromatic rings. The molecule has 1 saturated carbocycles. The molecule has 2 rings (SSSR count). The van der Waals surface area contributed by atoms with Gasteiger partial charge in [0, 0.05) is 13.5 Å². The Morgan fingerprint density at radius 3 is 2.43 bits per heavy atom. The molecule has 1 saturated heterocycles. The van der Waals surface area contributed by atoms with Gasteiger partial charge in [-0.05, 0) is 50.1 Å². The van der Waals surface area contributed by atoms with E-state index in [9.17, 15) is 9.59 Å². The van der Waals surface area contributed by atoms with Gasteiger partial charge in [-0.1, -0.05) is 19.8 Å². The molecule has 1 aliphatic carbocycles. The number of carbonyl (C=O) groups is 2. The van der Waals surface area contributed by atoms with Crippen molar-refractivity contribution in [3.8, 4) is 0 Å². The van der Waals surface area contributed by atoms with Crippen molar-refractivity contribution in [1.29, 1.82) is 0 Å². The van der Waals surface area contributed by atoms with Crippen molar-refractivity contribution in [3.05, 3.63) is 0 Å². The quantitative estimate of drug-likeness (QED) is 0.713. The van der Waals surface area contributed by atoms with Gasteiger partial charge in [0.15, 0.2) is 0 Å². The van der Waals surface area contributed by atoms with Crippen LogP contribution in [-0.2, 0) is 9.59 Å². The van der Waals surface area contributed by atoms with Crippen LogP contribution in [-0.4, -0.2) is 37.5 Å². The molecule has 1 unspecified atom stereocenters. The maximum atomic E-state index is 12.5. The fourth-order valence-corrected chi connectivity index (χ4v) is 3.52. The van der Waals surface area contributed by atoms with E-state index in [0.29, 0.717) is 12.5 Å². The summed E-state index contributed by atoms with van der Waals surface area (Å²) < 4.78 is 0. The monoisotopic (exact) mass is 295 g/mol. The Morgan fingerprint density at radius 1 is 1.24 bits per heavy atom. The summed E-state index contributed by atoms with van der Waals surface area (Å²) in [6.07, 6.45) is 6.58. The van der Waals surface area contributed by atoms with Gasteiger partial charge in [-0.3, -0.25) is 9.59 Å². The van der Waals surface area contributed by atoms with Gasteiger partial charge >= 0.3 is 0 Å². The second-order valence-electron chi connectivity index (χ2n) is 7.00. The minimum atomic E-state index is -0.352. The molecule has 1 aliphatic heterocycles. The highest BCUT2D eigenvalue weighted by Gasteiger charge is 2.33. The lowest BCUT2D eigenvalue weighted by Gasteiger charge is -2.35. The van der Waals surface area contributed by atoms with Crippen LogP contribution in [0.2, 0.25) is 0 Å². The van der Waals surface area contributed by atoms with Crippen LogP contribution in [0, 0.1) is 11.3 Å². The summed E-state index contributed by atoms with van der Waals surface area (Å²) >= 11 is 0. The van der Waals surface area contributed by atoms with Crippen molar-refractivity contribution in [2.24, 2.45) is 11.3 Å². The van der Waals surface area contributed by atoms with E-state index < -0.39 is 0 Å². The number of hydrogen-bond donors (Lipinski definition) is 3. The molecule has 0 radical (unpaired) electrons. The van der Waals surface area contributed by atoms with Crippen LogP contribution < -0.4 is 16.0 Å². The van der Waals surface area contributed by atoms with E-state index >= 15 is 0 Å². The van der Waals surface area contributed by atoms with Crippen molar-refractivity contribution < 1.29 is 9.59 Å². The molecule has 2 amide bonds. The molecular formula is C16H29N3O2. The Kier molecular flexibility index (Phi) is 5.62. The highest BCUT2D eigenvalue weighted by atomic mass is 16.2. The molecule has 5 heteroatoms. The molecule has 0 bridgehead atoms. The molecule has 3 N–H and O–H groups in total. The largest absolute Gasteiger partial charge is 0.354 e. The first kappa shape index (κ1) is 16.3. The first-order chi connectivity index (χ1) is 10.0. The fourth-order valence-electron chi connectivity index (χ4n) is 3.52. The summed E-state index contributed by atoms with van der Waals surface area (Å²) in [5.74, 6) is 0.182. The maximum Gasteiger partial charge on any atom is 0.242 e. The lowest BCUT2D eigenvalue weighted by atomic mass is 9.81. The lowest BCUT2D eigenvalue weighted by Crippen LogP contribution is -2.52. The van der Waals surface area contributed by atoms with Gasteiger partial charge in [-0.2, -0.15) is 0 Å². The topological polar surface area (TPSA) is 70.2 Å². The average Bonchev–Trinajstić information content (AvgIpc) is 2.97. The van der Waals surface area contributed by atoms with Crippen molar-refractivity contribution in [1.82, 2.24) is 16.0 Å². The summed E-state index contributed by atoms with van der Waals surface area (Å²) in [6.45, 7) is 6.46. The molecular weight excluding hydrogens is 266 g/mol. The van der Waals surface area contributed by atoms with E-state index in [-0.39, 0.29) is 23.3 Å². The van der Waals surface area contributed by atoms with Gasteiger partial charge in [0.25, 0.3) is 0 Å². The number of nitrogens with one attached hydrogen (secondary N) is 3. The van der Waals surface area contributed by atoms with E-state index in [4.69, 9.17) is 0 Å². The molecule has 0 spiro atoms. The molecule has 2 aliphatic rings. The summed E-state index contributed by atoms with van der Waals surface area (Å²) in [6, 6.07) is -0.352. The van der Waals surface area contributed by atoms with Crippen LogP contribution in [0.1, 0.15) is 52.4 Å². The molecule has 21 heavy (non-hydrogen) atoms. The van der Waals surface area contributed by atoms with Gasteiger partial charge in [-0.15, -0.1) is 0 Å². The first-order valence-electron chi connectivity index (χ1n) is 8.26. The first-order valence-corrected chi connectivity index (χ1v) is 8.26. The predicted octanol–water partition coefficient (Wildman–Crippen LogP) is 1.19. The van der Waals surface area contributed by atoms with Crippen molar-refractivity contribution in [2.75, 3.05) is 19.6 Å². The summed E-state index contributed by atoms with van der Waals surface area (Å²) in [5.41, 5.74) is 0.178. The van der Waals surface area contributed by atoms with Crippen LogP contribution in [0.25, 0.3) is 0 Å². The van der Waals surface area contributed by atoms with E-state index in [1.807, 2.05) is 0 Å². The van der Waals surface area contributed by atoms with Crippen LogP contribution in [0.3, 0.4) is 0 Å². The molecule has 1 atom stereocenters. The number of amides is 2. The number of carbonyl (C=O) groups excluding carboxylic acids is 2. The zero-order chi connectivity index (χ0) is 15.3. The normalized spacial score (nSPS) is 23.5. The molecule has 120 valence electrons. The van der Waals surface area contributed by atoms with E-state index in [0.717, 1.165) is 51.6 Å². The average molecular weight is 295 g/mol. The van der Waals surface area contributed by atoms with Crippen LogP contribution in [0.4, 0.5) is 0 Å². The van der Waals surface area contributed by atoms with Gasteiger partial charge in [-0.25, -0.2) is 0 Å². The Hall–Kier alpha value is -1.10. The van der Waals surface area contributed by atoms with Gasteiger partial charge in [0.2, 0.25) is 11.8 Å². The summed E-state index contributed by atoms with van der Waals surface area (Å²) in [7, 11) is 0. The lowest BCUT2D eigenvalue weighted by molar-refractivity contribution is -0.129. The third kappa shape index (κ3) is 4.70. The van der Waals surface area contributed by atoms with E-state index in [1.54, 1.807) is 0 Å². The fraction of sp³-hybridized carbons (Fsp3) is 0.875.